The first kappa shape index (κ1) is 16.9. The Kier molecular flexibility index (Phi) is 4.65. The Balaban J connectivity index is 1.75. The molecular formula is C18H19N3O4. The van der Waals surface area contributed by atoms with Crippen molar-refractivity contribution in [3.05, 3.63) is 53.7 Å². The fourth-order valence-electron chi connectivity index (χ4n) is 3.18. The number of aliphatic carboxylic acids is 1. The largest absolute Gasteiger partial charge is 0.481 e. The number of ether oxygens (including phenoxy) is 1. The highest BCUT2D eigenvalue weighted by atomic mass is 16.5. The zero-order valence-corrected chi connectivity index (χ0v) is 13.9. The molecule has 0 atom stereocenters. The number of piperidine rings is 1. The number of carbonyl (C=O) groups excluding carboxylic acids is 1. The molecule has 25 heavy (non-hydrogen) atoms. The third kappa shape index (κ3) is 3.17. The van der Waals surface area contributed by atoms with E-state index in [4.69, 9.17) is 4.74 Å². The fraction of sp³-hybridized carbons (Fsp3) is 0.333. The van der Waals surface area contributed by atoms with Crippen LogP contribution in [0.2, 0.25) is 0 Å². The summed E-state index contributed by atoms with van der Waals surface area (Å²) in [5.41, 5.74) is 0.0473. The van der Waals surface area contributed by atoms with E-state index in [0.29, 0.717) is 31.8 Å². The van der Waals surface area contributed by atoms with Crippen LogP contribution in [0.4, 0.5) is 0 Å². The van der Waals surface area contributed by atoms with Gasteiger partial charge in [0.05, 0.1) is 12.5 Å². The van der Waals surface area contributed by atoms with E-state index in [1.54, 1.807) is 17.0 Å². The summed E-state index contributed by atoms with van der Waals surface area (Å²) in [4.78, 5) is 26.1. The van der Waals surface area contributed by atoms with Crippen LogP contribution in [0.3, 0.4) is 0 Å². The SMILES string of the molecule is COc1ccc(C(=O)N2CCC(C(=O)O)(c3ccccc3)CC2)nn1. The van der Waals surface area contributed by atoms with Crippen LogP contribution >= 0.6 is 0 Å². The Morgan fingerprint density at radius 1 is 1.08 bits per heavy atom. The summed E-state index contributed by atoms with van der Waals surface area (Å²) >= 11 is 0. The van der Waals surface area contributed by atoms with E-state index in [1.165, 1.54) is 7.11 Å². The van der Waals surface area contributed by atoms with Gasteiger partial charge in [-0.15, -0.1) is 10.2 Å². The van der Waals surface area contributed by atoms with Gasteiger partial charge in [-0.3, -0.25) is 9.59 Å². The summed E-state index contributed by atoms with van der Waals surface area (Å²) in [6.07, 6.45) is 0.726. The average molecular weight is 341 g/mol. The number of benzene rings is 1. The smallest absolute Gasteiger partial charge is 0.314 e. The third-order valence-electron chi connectivity index (χ3n) is 4.71. The molecule has 1 fully saturated rings. The first-order chi connectivity index (χ1) is 12.1. The minimum absolute atomic E-state index is 0.225. The molecule has 7 nitrogen and oxygen atoms in total. The molecule has 0 aliphatic carbocycles. The highest BCUT2D eigenvalue weighted by Gasteiger charge is 2.44. The molecule has 0 saturated carbocycles. The molecule has 130 valence electrons. The predicted octanol–water partition coefficient (Wildman–Crippen LogP) is 1.74. The lowest BCUT2D eigenvalue weighted by Crippen LogP contribution is -2.49. The summed E-state index contributed by atoms with van der Waals surface area (Å²) in [6, 6.07) is 12.3. The summed E-state index contributed by atoms with van der Waals surface area (Å²) in [6.45, 7) is 0.710. The van der Waals surface area contributed by atoms with Crippen molar-refractivity contribution in [1.82, 2.24) is 15.1 Å². The summed E-state index contributed by atoms with van der Waals surface area (Å²) in [5, 5.41) is 17.5. The first-order valence-corrected chi connectivity index (χ1v) is 8.03. The molecule has 3 rings (SSSR count). The van der Waals surface area contributed by atoms with E-state index in [2.05, 4.69) is 10.2 Å². The molecule has 1 aliphatic heterocycles. The van der Waals surface area contributed by atoms with Gasteiger partial charge in [0.15, 0.2) is 5.69 Å². The molecule has 1 aromatic heterocycles. The number of rotatable bonds is 4. The molecule has 2 heterocycles. The Morgan fingerprint density at radius 3 is 2.28 bits per heavy atom. The normalized spacial score (nSPS) is 16.3. The number of carbonyl (C=O) groups is 2. The Hall–Kier alpha value is -2.96. The molecule has 0 radical (unpaired) electrons. The lowest BCUT2D eigenvalue weighted by Gasteiger charge is -2.39. The van der Waals surface area contributed by atoms with Crippen LogP contribution in [0, 0.1) is 0 Å². The molecule has 1 N–H and O–H groups in total. The van der Waals surface area contributed by atoms with Gasteiger partial charge in [0.2, 0.25) is 5.88 Å². The number of nitrogens with zero attached hydrogens (tertiary/aromatic N) is 3. The summed E-state index contributed by atoms with van der Waals surface area (Å²) in [5.74, 6) is -0.763. The van der Waals surface area contributed by atoms with Crippen molar-refractivity contribution in [3.63, 3.8) is 0 Å². The molecule has 1 saturated heterocycles. The van der Waals surface area contributed by atoms with E-state index in [0.717, 1.165) is 5.56 Å². The topological polar surface area (TPSA) is 92.6 Å². The van der Waals surface area contributed by atoms with Crippen molar-refractivity contribution in [2.75, 3.05) is 20.2 Å². The van der Waals surface area contributed by atoms with Crippen molar-refractivity contribution in [1.29, 1.82) is 0 Å². The monoisotopic (exact) mass is 341 g/mol. The third-order valence-corrected chi connectivity index (χ3v) is 4.71. The van der Waals surface area contributed by atoms with Crippen LogP contribution in [0.25, 0.3) is 0 Å². The highest BCUT2D eigenvalue weighted by molar-refractivity contribution is 5.92. The summed E-state index contributed by atoms with van der Waals surface area (Å²) < 4.78 is 4.93. The van der Waals surface area contributed by atoms with Gasteiger partial charge in [0, 0.05) is 19.2 Å². The van der Waals surface area contributed by atoms with Gasteiger partial charge >= 0.3 is 5.97 Å². The fourth-order valence-corrected chi connectivity index (χ4v) is 3.18. The molecule has 0 bridgehead atoms. The van der Waals surface area contributed by atoms with Gasteiger partial charge in [0.25, 0.3) is 5.91 Å². The lowest BCUT2D eigenvalue weighted by atomic mass is 9.73. The second-order valence-electron chi connectivity index (χ2n) is 6.01. The predicted molar refractivity (Wildman–Crippen MR) is 89.5 cm³/mol. The highest BCUT2D eigenvalue weighted by Crippen LogP contribution is 2.36. The molecule has 0 unspecified atom stereocenters. The minimum atomic E-state index is -0.955. The van der Waals surface area contributed by atoms with Gasteiger partial charge in [-0.2, -0.15) is 0 Å². The molecule has 1 amide bonds. The zero-order chi connectivity index (χ0) is 17.9. The van der Waals surface area contributed by atoms with Gasteiger partial charge in [-0.05, 0) is 24.5 Å². The van der Waals surface area contributed by atoms with Crippen LogP contribution in [-0.4, -0.2) is 52.3 Å². The van der Waals surface area contributed by atoms with Crippen LogP contribution in [0.15, 0.2) is 42.5 Å². The minimum Gasteiger partial charge on any atom is -0.481 e. The number of methoxy groups -OCH3 is 1. The number of hydrogen-bond donors (Lipinski definition) is 1. The van der Waals surface area contributed by atoms with Gasteiger partial charge in [-0.25, -0.2) is 0 Å². The van der Waals surface area contributed by atoms with Crippen molar-refractivity contribution >= 4 is 11.9 Å². The maximum Gasteiger partial charge on any atom is 0.314 e. The Morgan fingerprint density at radius 2 is 1.76 bits per heavy atom. The van der Waals surface area contributed by atoms with Gasteiger partial charge < -0.3 is 14.7 Å². The van der Waals surface area contributed by atoms with Crippen molar-refractivity contribution in [2.45, 2.75) is 18.3 Å². The number of carboxylic acid groups (broad SMARTS) is 1. The molecule has 2 aromatic rings. The van der Waals surface area contributed by atoms with E-state index < -0.39 is 11.4 Å². The first-order valence-electron chi connectivity index (χ1n) is 8.03. The molecular weight excluding hydrogens is 322 g/mol. The maximum absolute atomic E-state index is 12.6. The van der Waals surface area contributed by atoms with Crippen LogP contribution in [0.1, 0.15) is 28.9 Å². The van der Waals surface area contributed by atoms with Crippen LogP contribution < -0.4 is 4.74 Å². The van der Waals surface area contributed by atoms with Crippen molar-refractivity contribution in [2.24, 2.45) is 0 Å². The van der Waals surface area contributed by atoms with E-state index in [1.807, 2.05) is 30.3 Å². The summed E-state index contributed by atoms with van der Waals surface area (Å²) in [7, 11) is 1.48. The maximum atomic E-state index is 12.6. The average Bonchev–Trinajstić information content (AvgIpc) is 2.68. The molecule has 7 heteroatoms. The number of hydrogen-bond acceptors (Lipinski definition) is 5. The second-order valence-corrected chi connectivity index (χ2v) is 6.01. The number of amides is 1. The zero-order valence-electron chi connectivity index (χ0n) is 13.9. The Labute approximate surface area is 145 Å². The lowest BCUT2D eigenvalue weighted by molar-refractivity contribution is -0.145. The van der Waals surface area contributed by atoms with Crippen LogP contribution in [-0.2, 0) is 10.2 Å². The van der Waals surface area contributed by atoms with Crippen LogP contribution in [0.5, 0.6) is 5.88 Å². The number of carboxylic acids is 1. The van der Waals surface area contributed by atoms with Gasteiger partial charge in [0.1, 0.15) is 0 Å². The Bertz CT molecular complexity index is 754. The molecule has 1 aliphatic rings. The van der Waals surface area contributed by atoms with Crippen molar-refractivity contribution in [3.8, 4) is 5.88 Å². The molecule has 1 aromatic carbocycles. The standard InChI is InChI=1S/C18H19N3O4/c1-25-15-8-7-14(19-20-15)16(22)21-11-9-18(10-12-21,17(23)24)13-5-3-2-4-6-13/h2-8H,9-12H2,1H3,(H,23,24). The van der Waals surface area contributed by atoms with E-state index in [9.17, 15) is 14.7 Å². The van der Waals surface area contributed by atoms with E-state index in [-0.39, 0.29) is 11.6 Å². The second kappa shape index (κ2) is 6.88. The van der Waals surface area contributed by atoms with Crippen molar-refractivity contribution < 1.29 is 19.4 Å². The van der Waals surface area contributed by atoms with E-state index >= 15 is 0 Å². The number of likely N-dealkylation sites (tertiary alicyclic amines) is 1. The molecule has 0 spiro atoms. The quantitative estimate of drug-likeness (QED) is 0.911. The number of aromatic nitrogens is 2. The van der Waals surface area contributed by atoms with Gasteiger partial charge in [-0.1, -0.05) is 30.3 Å².